The van der Waals surface area contributed by atoms with Gasteiger partial charge in [-0.1, -0.05) is 19.9 Å². The number of para-hydroxylation sites is 1. The van der Waals surface area contributed by atoms with Crippen molar-refractivity contribution in [3.05, 3.63) is 18.2 Å². The van der Waals surface area contributed by atoms with Crippen molar-refractivity contribution in [3.8, 4) is 5.75 Å². The molecule has 3 N–H and O–H groups in total. The first kappa shape index (κ1) is 16.1. The molecule has 0 amide bonds. The zero-order valence-electron chi connectivity index (χ0n) is 12.6. The van der Waals surface area contributed by atoms with E-state index in [9.17, 15) is 4.79 Å². The second-order valence-electron chi connectivity index (χ2n) is 5.00. The molecule has 20 heavy (non-hydrogen) atoms. The number of esters is 1. The molecule has 0 saturated carbocycles. The summed E-state index contributed by atoms with van der Waals surface area (Å²) in [5.74, 6) is 0.688. The van der Waals surface area contributed by atoms with Gasteiger partial charge in [0.25, 0.3) is 0 Å². The summed E-state index contributed by atoms with van der Waals surface area (Å²) >= 11 is 0. The van der Waals surface area contributed by atoms with Crippen molar-refractivity contribution in [1.29, 1.82) is 0 Å². The van der Waals surface area contributed by atoms with E-state index in [1.165, 1.54) is 7.11 Å². The van der Waals surface area contributed by atoms with Crippen LogP contribution in [0, 0.1) is 5.92 Å². The molecule has 0 aliphatic rings. The lowest BCUT2D eigenvalue weighted by Gasteiger charge is -2.21. The lowest BCUT2D eigenvalue weighted by molar-refractivity contribution is -0.141. The van der Waals surface area contributed by atoms with Gasteiger partial charge >= 0.3 is 5.97 Å². The maximum Gasteiger partial charge on any atom is 0.328 e. The van der Waals surface area contributed by atoms with E-state index in [2.05, 4.69) is 19.2 Å². The van der Waals surface area contributed by atoms with E-state index in [-0.39, 0.29) is 5.97 Å². The Bertz CT molecular complexity index is 447. The Hall–Kier alpha value is -1.91. The van der Waals surface area contributed by atoms with Gasteiger partial charge in [0.1, 0.15) is 11.8 Å². The second-order valence-corrected chi connectivity index (χ2v) is 5.00. The fraction of sp³-hybridized carbons (Fsp3) is 0.533. The first-order chi connectivity index (χ1) is 9.49. The van der Waals surface area contributed by atoms with Crippen LogP contribution in [0.25, 0.3) is 0 Å². The molecule has 112 valence electrons. The highest BCUT2D eigenvalue weighted by atomic mass is 16.5. The van der Waals surface area contributed by atoms with Crippen LogP contribution in [0.3, 0.4) is 0 Å². The largest absolute Gasteiger partial charge is 0.492 e. The minimum Gasteiger partial charge on any atom is -0.492 e. The molecule has 0 aliphatic carbocycles. The molecule has 0 aromatic heterocycles. The third-order valence-corrected chi connectivity index (χ3v) is 2.89. The number of carbonyl (C=O) groups is 1. The molecule has 0 spiro atoms. The Balaban J connectivity index is 2.93. The number of nitrogen functional groups attached to an aromatic ring is 1. The number of nitrogens with one attached hydrogen (secondary N) is 1. The zero-order chi connectivity index (χ0) is 15.1. The Kier molecular flexibility index (Phi) is 6.15. The van der Waals surface area contributed by atoms with Crippen molar-refractivity contribution in [3.63, 3.8) is 0 Å². The van der Waals surface area contributed by atoms with E-state index >= 15 is 0 Å². The van der Waals surface area contributed by atoms with Crippen LogP contribution in [-0.2, 0) is 9.53 Å². The van der Waals surface area contributed by atoms with Crippen LogP contribution in [0.15, 0.2) is 18.2 Å². The molecule has 0 radical (unpaired) electrons. The summed E-state index contributed by atoms with van der Waals surface area (Å²) in [5, 5.41) is 3.15. The fourth-order valence-electron chi connectivity index (χ4n) is 1.97. The number of ether oxygens (including phenoxy) is 2. The first-order valence-corrected chi connectivity index (χ1v) is 6.85. The SMILES string of the molecule is CCOc1cccc(NC(CC(C)C)C(=O)OC)c1N. The molecule has 5 nitrogen and oxygen atoms in total. The van der Waals surface area contributed by atoms with Gasteiger partial charge in [-0.25, -0.2) is 4.79 Å². The van der Waals surface area contributed by atoms with E-state index in [0.29, 0.717) is 36.1 Å². The van der Waals surface area contributed by atoms with Gasteiger partial charge in [-0.2, -0.15) is 0 Å². The highest BCUT2D eigenvalue weighted by molar-refractivity contribution is 5.82. The van der Waals surface area contributed by atoms with Gasteiger partial charge in [0, 0.05) is 0 Å². The van der Waals surface area contributed by atoms with Crippen molar-refractivity contribution in [2.45, 2.75) is 33.2 Å². The van der Waals surface area contributed by atoms with E-state index in [4.69, 9.17) is 15.2 Å². The molecule has 1 unspecified atom stereocenters. The number of carbonyl (C=O) groups excluding carboxylic acids is 1. The average molecular weight is 280 g/mol. The number of hydrogen-bond acceptors (Lipinski definition) is 5. The van der Waals surface area contributed by atoms with Crippen LogP contribution in [-0.4, -0.2) is 25.7 Å². The third kappa shape index (κ3) is 4.33. The van der Waals surface area contributed by atoms with Gasteiger partial charge in [-0.05, 0) is 31.4 Å². The van der Waals surface area contributed by atoms with Crippen LogP contribution in [0.4, 0.5) is 11.4 Å². The Morgan fingerprint density at radius 2 is 2.10 bits per heavy atom. The third-order valence-electron chi connectivity index (χ3n) is 2.89. The Morgan fingerprint density at radius 3 is 2.65 bits per heavy atom. The Labute approximate surface area is 120 Å². The van der Waals surface area contributed by atoms with E-state index in [1.54, 1.807) is 6.07 Å². The summed E-state index contributed by atoms with van der Waals surface area (Å²) in [6.45, 7) is 6.55. The molecule has 0 aliphatic heterocycles. The van der Waals surface area contributed by atoms with Crippen LogP contribution in [0.2, 0.25) is 0 Å². The second kappa shape index (κ2) is 7.62. The molecule has 1 atom stereocenters. The summed E-state index contributed by atoms with van der Waals surface area (Å²) in [5.41, 5.74) is 7.24. The molecule has 1 aromatic carbocycles. The average Bonchev–Trinajstić information content (AvgIpc) is 2.41. The summed E-state index contributed by atoms with van der Waals surface area (Å²) in [4.78, 5) is 11.8. The summed E-state index contributed by atoms with van der Waals surface area (Å²) < 4.78 is 10.3. The fourth-order valence-corrected chi connectivity index (χ4v) is 1.97. The van der Waals surface area contributed by atoms with Crippen LogP contribution in [0.5, 0.6) is 5.75 Å². The first-order valence-electron chi connectivity index (χ1n) is 6.85. The van der Waals surface area contributed by atoms with Crippen LogP contribution < -0.4 is 15.8 Å². The number of benzene rings is 1. The molecular weight excluding hydrogens is 256 g/mol. The highest BCUT2D eigenvalue weighted by Crippen LogP contribution is 2.30. The van der Waals surface area contributed by atoms with Crippen molar-refractivity contribution in [1.82, 2.24) is 0 Å². The predicted molar refractivity (Wildman–Crippen MR) is 80.9 cm³/mol. The molecule has 1 aromatic rings. The molecule has 0 fully saturated rings. The van der Waals surface area contributed by atoms with Gasteiger partial charge in [0.05, 0.1) is 25.1 Å². The maximum absolute atomic E-state index is 11.8. The lowest BCUT2D eigenvalue weighted by Crippen LogP contribution is -2.32. The quantitative estimate of drug-likeness (QED) is 0.593. The van der Waals surface area contributed by atoms with Gasteiger partial charge in [0.2, 0.25) is 0 Å². The smallest absolute Gasteiger partial charge is 0.328 e. The van der Waals surface area contributed by atoms with E-state index in [1.807, 2.05) is 19.1 Å². The van der Waals surface area contributed by atoms with Crippen molar-refractivity contribution in [2.24, 2.45) is 5.92 Å². The molecule has 5 heteroatoms. The number of methoxy groups -OCH3 is 1. The predicted octanol–water partition coefficient (Wildman–Crippen LogP) is 2.67. The van der Waals surface area contributed by atoms with Gasteiger partial charge in [-0.3, -0.25) is 0 Å². The molecule has 0 heterocycles. The van der Waals surface area contributed by atoms with E-state index < -0.39 is 6.04 Å². The van der Waals surface area contributed by atoms with E-state index in [0.717, 1.165) is 0 Å². The number of rotatable bonds is 7. The summed E-state index contributed by atoms with van der Waals surface area (Å²) in [6.07, 6.45) is 0.672. The number of hydrogen-bond donors (Lipinski definition) is 2. The summed E-state index contributed by atoms with van der Waals surface area (Å²) in [7, 11) is 1.39. The van der Waals surface area contributed by atoms with Gasteiger partial charge < -0.3 is 20.5 Å². The van der Waals surface area contributed by atoms with Crippen molar-refractivity contribution < 1.29 is 14.3 Å². The van der Waals surface area contributed by atoms with Gasteiger partial charge in [-0.15, -0.1) is 0 Å². The lowest BCUT2D eigenvalue weighted by atomic mass is 10.0. The zero-order valence-corrected chi connectivity index (χ0v) is 12.6. The molecular formula is C15H24N2O3. The van der Waals surface area contributed by atoms with Crippen LogP contribution >= 0.6 is 0 Å². The number of anilines is 2. The van der Waals surface area contributed by atoms with Crippen molar-refractivity contribution >= 4 is 17.3 Å². The topological polar surface area (TPSA) is 73.6 Å². The van der Waals surface area contributed by atoms with Crippen LogP contribution in [0.1, 0.15) is 27.2 Å². The Morgan fingerprint density at radius 1 is 1.40 bits per heavy atom. The monoisotopic (exact) mass is 280 g/mol. The standard InChI is InChI=1S/C15H24N2O3/c1-5-20-13-8-6-7-11(14(13)16)17-12(9-10(2)3)15(18)19-4/h6-8,10,12,17H,5,9,16H2,1-4H3. The van der Waals surface area contributed by atoms with Gasteiger partial charge in [0.15, 0.2) is 0 Å². The number of nitrogens with two attached hydrogens (primary N) is 1. The minimum atomic E-state index is -0.417. The summed E-state index contributed by atoms with van der Waals surface area (Å²) in [6, 6.07) is 5.06. The highest BCUT2D eigenvalue weighted by Gasteiger charge is 2.21. The minimum absolute atomic E-state index is 0.292. The van der Waals surface area contributed by atoms with Crippen molar-refractivity contribution in [2.75, 3.05) is 24.8 Å². The molecule has 1 rings (SSSR count). The molecule has 0 bridgehead atoms. The maximum atomic E-state index is 11.8. The molecule has 0 saturated heterocycles. The normalized spacial score (nSPS) is 12.1.